The molecular formula is C15H26N4. The Hall–Kier alpha value is -1.00. The molecule has 106 valence electrons. The summed E-state index contributed by atoms with van der Waals surface area (Å²) in [5.41, 5.74) is 6.33. The molecule has 4 nitrogen and oxygen atoms in total. The van der Waals surface area contributed by atoms with E-state index in [1.54, 1.807) is 0 Å². The average molecular weight is 262 g/mol. The first kappa shape index (κ1) is 14.4. The molecule has 1 aromatic heterocycles. The third kappa shape index (κ3) is 3.31. The van der Waals surface area contributed by atoms with Crippen LogP contribution in [-0.2, 0) is 6.42 Å². The summed E-state index contributed by atoms with van der Waals surface area (Å²) < 4.78 is 0. The zero-order chi connectivity index (χ0) is 13.8. The number of rotatable bonds is 4. The van der Waals surface area contributed by atoms with E-state index in [4.69, 9.17) is 5.84 Å². The first-order chi connectivity index (χ1) is 9.15. The minimum Gasteiger partial charge on any atom is -0.271 e. The van der Waals surface area contributed by atoms with Crippen molar-refractivity contribution < 1.29 is 0 Å². The Morgan fingerprint density at radius 1 is 1.32 bits per heavy atom. The molecule has 1 atom stereocenters. The molecule has 4 heteroatoms. The van der Waals surface area contributed by atoms with E-state index in [1.165, 1.54) is 31.2 Å². The van der Waals surface area contributed by atoms with Crippen LogP contribution >= 0.6 is 0 Å². The summed E-state index contributed by atoms with van der Waals surface area (Å²) in [6.07, 6.45) is 6.02. The second-order valence-electron chi connectivity index (χ2n) is 5.91. The van der Waals surface area contributed by atoms with E-state index in [1.807, 2.05) is 6.92 Å². The second-order valence-corrected chi connectivity index (χ2v) is 5.91. The number of hydrogen-bond donors (Lipinski definition) is 2. The first-order valence-electron chi connectivity index (χ1n) is 7.44. The van der Waals surface area contributed by atoms with Crippen LogP contribution in [0.15, 0.2) is 6.07 Å². The highest BCUT2D eigenvalue weighted by molar-refractivity contribution is 5.25. The molecule has 1 aliphatic carbocycles. The predicted octanol–water partition coefficient (Wildman–Crippen LogP) is 2.68. The Labute approximate surface area is 116 Å². The highest BCUT2D eigenvalue weighted by Crippen LogP contribution is 2.37. The third-order valence-corrected chi connectivity index (χ3v) is 4.41. The molecule has 3 N–H and O–H groups in total. The average Bonchev–Trinajstić information content (AvgIpc) is 2.42. The summed E-state index contributed by atoms with van der Waals surface area (Å²) in [5.74, 6) is 7.33. The molecule has 0 spiro atoms. The van der Waals surface area contributed by atoms with Crippen molar-refractivity contribution in [2.24, 2.45) is 17.7 Å². The Kier molecular flexibility index (Phi) is 4.88. The minimum absolute atomic E-state index is 0.219. The third-order valence-electron chi connectivity index (χ3n) is 4.41. The van der Waals surface area contributed by atoms with Gasteiger partial charge in [0, 0.05) is 0 Å². The maximum Gasteiger partial charge on any atom is 0.0676 e. The van der Waals surface area contributed by atoms with Gasteiger partial charge >= 0.3 is 0 Å². The second kappa shape index (κ2) is 6.44. The maximum absolute atomic E-state index is 5.85. The number of nitrogens with two attached hydrogens (primary N) is 1. The number of aromatic nitrogens is 2. The molecule has 1 aromatic rings. The van der Waals surface area contributed by atoms with Crippen molar-refractivity contribution in [1.82, 2.24) is 15.6 Å². The highest BCUT2D eigenvalue weighted by Gasteiger charge is 2.28. The van der Waals surface area contributed by atoms with Crippen molar-refractivity contribution in [3.05, 3.63) is 23.0 Å². The van der Waals surface area contributed by atoms with E-state index < -0.39 is 0 Å². The largest absolute Gasteiger partial charge is 0.271 e. The van der Waals surface area contributed by atoms with Gasteiger partial charge in [-0.3, -0.25) is 11.3 Å². The predicted molar refractivity (Wildman–Crippen MR) is 77.3 cm³/mol. The van der Waals surface area contributed by atoms with Gasteiger partial charge in [0.25, 0.3) is 0 Å². The molecule has 1 saturated carbocycles. The van der Waals surface area contributed by atoms with E-state index >= 15 is 0 Å². The minimum atomic E-state index is 0.219. The number of hydrogen-bond acceptors (Lipinski definition) is 4. The molecule has 0 aliphatic heterocycles. The fourth-order valence-electron chi connectivity index (χ4n) is 3.18. The summed E-state index contributed by atoms with van der Waals surface area (Å²) in [7, 11) is 0. The van der Waals surface area contributed by atoms with E-state index in [9.17, 15) is 0 Å². The van der Waals surface area contributed by atoms with Crippen LogP contribution in [-0.4, -0.2) is 10.2 Å². The zero-order valence-electron chi connectivity index (χ0n) is 12.3. The van der Waals surface area contributed by atoms with Crippen LogP contribution in [0.2, 0.25) is 0 Å². The van der Waals surface area contributed by atoms with Crippen molar-refractivity contribution in [2.45, 2.75) is 58.9 Å². The van der Waals surface area contributed by atoms with E-state index in [-0.39, 0.29) is 6.04 Å². The van der Waals surface area contributed by atoms with Crippen molar-refractivity contribution >= 4 is 0 Å². The van der Waals surface area contributed by atoms with Crippen LogP contribution in [0.3, 0.4) is 0 Å². The molecule has 19 heavy (non-hydrogen) atoms. The standard InChI is InChI=1S/C15H26N4/c1-4-14-13(9-11(3)18-19-14)15(17-16)12-7-5-10(2)6-8-12/h9-10,12,15,17H,4-8,16H2,1-3H3. The fourth-order valence-corrected chi connectivity index (χ4v) is 3.18. The zero-order valence-corrected chi connectivity index (χ0v) is 12.3. The highest BCUT2D eigenvalue weighted by atomic mass is 15.2. The van der Waals surface area contributed by atoms with Gasteiger partial charge in [-0.25, -0.2) is 0 Å². The van der Waals surface area contributed by atoms with Crippen molar-refractivity contribution in [2.75, 3.05) is 0 Å². The van der Waals surface area contributed by atoms with Crippen LogP contribution < -0.4 is 11.3 Å². The summed E-state index contributed by atoms with van der Waals surface area (Å²) in [5, 5.41) is 8.50. The molecule has 0 bridgehead atoms. The molecule has 1 fully saturated rings. The SMILES string of the molecule is CCc1nnc(C)cc1C(NN)C1CCC(C)CC1. The topological polar surface area (TPSA) is 63.8 Å². The normalized spacial score (nSPS) is 25.3. The number of nitrogens with one attached hydrogen (secondary N) is 1. The van der Waals surface area contributed by atoms with Crippen LogP contribution in [0.4, 0.5) is 0 Å². The van der Waals surface area contributed by atoms with E-state index in [0.29, 0.717) is 5.92 Å². The number of aryl methyl sites for hydroxylation is 2. The molecule has 1 aliphatic rings. The van der Waals surface area contributed by atoms with Crippen LogP contribution in [0.25, 0.3) is 0 Å². The number of hydrazine groups is 1. The lowest BCUT2D eigenvalue weighted by Gasteiger charge is -2.33. The van der Waals surface area contributed by atoms with Gasteiger partial charge in [-0.1, -0.05) is 26.7 Å². The maximum atomic E-state index is 5.85. The van der Waals surface area contributed by atoms with Gasteiger partial charge < -0.3 is 0 Å². The van der Waals surface area contributed by atoms with Gasteiger partial charge in [0.05, 0.1) is 17.4 Å². The van der Waals surface area contributed by atoms with Gasteiger partial charge in [-0.2, -0.15) is 10.2 Å². The van der Waals surface area contributed by atoms with Gasteiger partial charge in [0.1, 0.15) is 0 Å². The van der Waals surface area contributed by atoms with E-state index in [2.05, 4.69) is 35.5 Å². The smallest absolute Gasteiger partial charge is 0.0676 e. The molecule has 1 unspecified atom stereocenters. The van der Waals surface area contributed by atoms with Crippen molar-refractivity contribution in [3.63, 3.8) is 0 Å². The van der Waals surface area contributed by atoms with Crippen molar-refractivity contribution in [1.29, 1.82) is 0 Å². The first-order valence-corrected chi connectivity index (χ1v) is 7.44. The molecule has 0 saturated heterocycles. The number of nitrogens with zero attached hydrogens (tertiary/aromatic N) is 2. The Morgan fingerprint density at radius 3 is 2.58 bits per heavy atom. The lowest BCUT2D eigenvalue weighted by molar-refractivity contribution is 0.231. The fraction of sp³-hybridized carbons (Fsp3) is 0.733. The van der Waals surface area contributed by atoms with Crippen LogP contribution in [0.1, 0.15) is 62.5 Å². The Balaban J connectivity index is 2.23. The summed E-state index contributed by atoms with van der Waals surface area (Å²) in [6.45, 7) is 6.46. The summed E-state index contributed by atoms with van der Waals surface area (Å²) in [4.78, 5) is 0. The summed E-state index contributed by atoms with van der Waals surface area (Å²) in [6, 6.07) is 2.37. The quantitative estimate of drug-likeness (QED) is 0.647. The van der Waals surface area contributed by atoms with Gasteiger partial charge in [0.15, 0.2) is 0 Å². The van der Waals surface area contributed by atoms with Crippen LogP contribution in [0, 0.1) is 18.8 Å². The van der Waals surface area contributed by atoms with Gasteiger partial charge in [-0.05, 0) is 49.7 Å². The molecule has 1 heterocycles. The lowest BCUT2D eigenvalue weighted by Crippen LogP contribution is -2.36. The van der Waals surface area contributed by atoms with Gasteiger partial charge in [-0.15, -0.1) is 0 Å². The molecule has 0 radical (unpaired) electrons. The molecular weight excluding hydrogens is 236 g/mol. The Bertz CT molecular complexity index is 411. The van der Waals surface area contributed by atoms with Crippen LogP contribution in [0.5, 0.6) is 0 Å². The molecule has 2 rings (SSSR count). The molecule has 0 amide bonds. The lowest BCUT2D eigenvalue weighted by atomic mass is 9.77. The molecule has 0 aromatic carbocycles. The monoisotopic (exact) mass is 262 g/mol. The Morgan fingerprint density at radius 2 is 2.00 bits per heavy atom. The summed E-state index contributed by atoms with van der Waals surface area (Å²) >= 11 is 0. The van der Waals surface area contributed by atoms with Crippen molar-refractivity contribution in [3.8, 4) is 0 Å². The van der Waals surface area contributed by atoms with Gasteiger partial charge in [0.2, 0.25) is 0 Å². The van der Waals surface area contributed by atoms with E-state index in [0.717, 1.165) is 23.7 Å².